The number of aromatic nitrogens is 2. The van der Waals surface area contributed by atoms with Crippen molar-refractivity contribution in [1.29, 1.82) is 0 Å². The molecule has 1 aromatic rings. The van der Waals surface area contributed by atoms with Gasteiger partial charge in [0.25, 0.3) is 5.91 Å². The van der Waals surface area contributed by atoms with Gasteiger partial charge >= 0.3 is 0 Å². The third-order valence-corrected chi connectivity index (χ3v) is 3.14. The van der Waals surface area contributed by atoms with Crippen LogP contribution in [0.4, 0.5) is 5.82 Å². The van der Waals surface area contributed by atoms with Gasteiger partial charge in [-0.2, -0.15) is 0 Å². The SMILES string of the molecule is CCCCCNC(=O)c1cc(NC(C)CC)nc(C)n1. The predicted molar refractivity (Wildman–Crippen MR) is 82.0 cm³/mol. The van der Waals surface area contributed by atoms with Crippen LogP contribution in [0.25, 0.3) is 0 Å². The van der Waals surface area contributed by atoms with Gasteiger partial charge in [-0.05, 0) is 26.7 Å². The highest BCUT2D eigenvalue weighted by atomic mass is 16.1. The Labute approximate surface area is 121 Å². The molecule has 0 aromatic carbocycles. The maximum Gasteiger partial charge on any atom is 0.270 e. The number of nitrogens with zero attached hydrogens (tertiary/aromatic N) is 2. The topological polar surface area (TPSA) is 66.9 Å². The first-order valence-electron chi connectivity index (χ1n) is 7.47. The number of aryl methyl sites for hydroxylation is 1. The smallest absolute Gasteiger partial charge is 0.270 e. The van der Waals surface area contributed by atoms with E-state index in [1.165, 1.54) is 0 Å². The second-order valence-electron chi connectivity index (χ2n) is 5.10. The summed E-state index contributed by atoms with van der Waals surface area (Å²) in [6.45, 7) is 8.83. The van der Waals surface area contributed by atoms with Gasteiger partial charge in [0, 0.05) is 18.7 Å². The van der Waals surface area contributed by atoms with Gasteiger partial charge in [0.15, 0.2) is 0 Å². The van der Waals surface area contributed by atoms with Gasteiger partial charge in [0.2, 0.25) is 0 Å². The monoisotopic (exact) mass is 278 g/mol. The molecule has 1 rings (SSSR count). The Bertz CT molecular complexity index is 434. The fourth-order valence-electron chi connectivity index (χ4n) is 1.78. The molecular formula is C15H26N4O. The Balaban J connectivity index is 2.66. The maximum absolute atomic E-state index is 12.0. The molecule has 1 unspecified atom stereocenters. The van der Waals surface area contributed by atoms with E-state index in [2.05, 4.69) is 41.4 Å². The van der Waals surface area contributed by atoms with Crippen LogP contribution in [0.2, 0.25) is 0 Å². The van der Waals surface area contributed by atoms with Crippen LogP contribution in [-0.4, -0.2) is 28.5 Å². The molecule has 0 bridgehead atoms. The van der Waals surface area contributed by atoms with Crippen LogP contribution >= 0.6 is 0 Å². The van der Waals surface area contributed by atoms with Gasteiger partial charge in [-0.15, -0.1) is 0 Å². The van der Waals surface area contributed by atoms with Crippen molar-refractivity contribution in [1.82, 2.24) is 15.3 Å². The minimum absolute atomic E-state index is 0.126. The summed E-state index contributed by atoms with van der Waals surface area (Å²) in [5.74, 6) is 1.20. The predicted octanol–water partition coefficient (Wildman–Crippen LogP) is 2.92. The van der Waals surface area contributed by atoms with Crippen molar-refractivity contribution in [3.8, 4) is 0 Å². The van der Waals surface area contributed by atoms with Crippen molar-refractivity contribution < 1.29 is 4.79 Å². The van der Waals surface area contributed by atoms with E-state index in [-0.39, 0.29) is 5.91 Å². The third-order valence-electron chi connectivity index (χ3n) is 3.14. The second kappa shape index (κ2) is 8.51. The van der Waals surface area contributed by atoms with Crippen LogP contribution in [-0.2, 0) is 0 Å². The van der Waals surface area contributed by atoms with E-state index in [0.717, 1.165) is 25.7 Å². The number of nitrogens with one attached hydrogen (secondary N) is 2. The molecule has 5 nitrogen and oxygen atoms in total. The molecule has 1 aromatic heterocycles. The number of unbranched alkanes of at least 4 members (excludes halogenated alkanes) is 2. The zero-order valence-electron chi connectivity index (χ0n) is 13.0. The van der Waals surface area contributed by atoms with Gasteiger partial charge in [-0.25, -0.2) is 9.97 Å². The molecule has 2 N–H and O–H groups in total. The van der Waals surface area contributed by atoms with E-state index < -0.39 is 0 Å². The first-order valence-corrected chi connectivity index (χ1v) is 7.47. The van der Waals surface area contributed by atoms with Crippen molar-refractivity contribution in [3.63, 3.8) is 0 Å². The fourth-order valence-corrected chi connectivity index (χ4v) is 1.78. The molecule has 0 aliphatic carbocycles. The Morgan fingerprint density at radius 3 is 2.70 bits per heavy atom. The van der Waals surface area contributed by atoms with Crippen LogP contribution in [0.3, 0.4) is 0 Å². The molecule has 0 spiro atoms. The number of rotatable bonds is 8. The number of amides is 1. The van der Waals surface area contributed by atoms with E-state index in [1.807, 2.05) is 0 Å². The number of anilines is 1. The summed E-state index contributed by atoms with van der Waals surface area (Å²) in [5, 5.41) is 6.17. The van der Waals surface area contributed by atoms with Crippen molar-refractivity contribution >= 4 is 11.7 Å². The lowest BCUT2D eigenvalue weighted by Crippen LogP contribution is -2.26. The zero-order valence-corrected chi connectivity index (χ0v) is 13.0. The molecule has 0 aliphatic heterocycles. The van der Waals surface area contributed by atoms with E-state index in [1.54, 1.807) is 13.0 Å². The summed E-state index contributed by atoms with van der Waals surface area (Å²) in [6, 6.07) is 2.04. The summed E-state index contributed by atoms with van der Waals surface area (Å²) < 4.78 is 0. The molecule has 0 saturated heterocycles. The zero-order chi connectivity index (χ0) is 15.0. The van der Waals surface area contributed by atoms with E-state index in [4.69, 9.17) is 0 Å². The molecular weight excluding hydrogens is 252 g/mol. The lowest BCUT2D eigenvalue weighted by molar-refractivity contribution is 0.0947. The normalized spacial score (nSPS) is 12.0. The van der Waals surface area contributed by atoms with Gasteiger partial charge in [0.05, 0.1) is 0 Å². The fraction of sp³-hybridized carbons (Fsp3) is 0.667. The average Bonchev–Trinajstić information content (AvgIpc) is 2.42. The van der Waals surface area contributed by atoms with E-state index in [0.29, 0.717) is 29.9 Å². The number of hydrogen-bond donors (Lipinski definition) is 2. The van der Waals surface area contributed by atoms with Crippen molar-refractivity contribution in [2.24, 2.45) is 0 Å². The summed E-state index contributed by atoms with van der Waals surface area (Å²) in [5.41, 5.74) is 0.430. The third kappa shape index (κ3) is 5.55. The molecule has 0 aliphatic rings. The minimum Gasteiger partial charge on any atom is -0.368 e. The Morgan fingerprint density at radius 1 is 1.30 bits per heavy atom. The molecule has 0 fully saturated rings. The number of carbonyl (C=O) groups is 1. The highest BCUT2D eigenvalue weighted by molar-refractivity contribution is 5.92. The molecule has 20 heavy (non-hydrogen) atoms. The Kier molecular flexibility index (Phi) is 6.98. The number of carbonyl (C=O) groups excluding carboxylic acids is 1. The lowest BCUT2D eigenvalue weighted by Gasteiger charge is -2.13. The van der Waals surface area contributed by atoms with E-state index >= 15 is 0 Å². The minimum atomic E-state index is -0.126. The van der Waals surface area contributed by atoms with Crippen LogP contribution in [0.15, 0.2) is 6.07 Å². The van der Waals surface area contributed by atoms with Crippen LogP contribution < -0.4 is 10.6 Å². The maximum atomic E-state index is 12.0. The standard InChI is InChI=1S/C15H26N4O/c1-5-7-8-9-16-15(20)13-10-14(17-11(3)6-2)19-12(4)18-13/h10-11H,5-9H2,1-4H3,(H,16,20)(H,17,18,19). The average molecular weight is 278 g/mol. The van der Waals surface area contributed by atoms with Crippen LogP contribution in [0, 0.1) is 6.92 Å². The molecule has 1 heterocycles. The Hall–Kier alpha value is -1.65. The highest BCUT2D eigenvalue weighted by Crippen LogP contribution is 2.09. The summed E-state index contributed by atoms with van der Waals surface area (Å²) in [4.78, 5) is 20.6. The molecule has 0 saturated carbocycles. The second-order valence-corrected chi connectivity index (χ2v) is 5.10. The van der Waals surface area contributed by atoms with Crippen molar-refractivity contribution in [2.45, 2.75) is 59.4 Å². The first-order chi connectivity index (χ1) is 9.56. The molecule has 0 radical (unpaired) electrons. The van der Waals surface area contributed by atoms with Crippen LogP contribution in [0.5, 0.6) is 0 Å². The summed E-state index contributed by atoms with van der Waals surface area (Å²) in [7, 11) is 0. The largest absolute Gasteiger partial charge is 0.368 e. The molecule has 5 heteroatoms. The molecule has 1 atom stereocenters. The van der Waals surface area contributed by atoms with Crippen molar-refractivity contribution in [3.05, 3.63) is 17.6 Å². The van der Waals surface area contributed by atoms with Gasteiger partial charge in [0.1, 0.15) is 17.3 Å². The quantitative estimate of drug-likeness (QED) is 0.717. The van der Waals surface area contributed by atoms with E-state index in [9.17, 15) is 4.79 Å². The highest BCUT2D eigenvalue weighted by Gasteiger charge is 2.10. The molecule has 112 valence electrons. The van der Waals surface area contributed by atoms with Gasteiger partial charge < -0.3 is 10.6 Å². The number of hydrogen-bond acceptors (Lipinski definition) is 4. The van der Waals surface area contributed by atoms with Gasteiger partial charge in [-0.1, -0.05) is 26.7 Å². The summed E-state index contributed by atoms with van der Waals surface area (Å²) in [6.07, 6.45) is 4.28. The Morgan fingerprint density at radius 2 is 2.05 bits per heavy atom. The van der Waals surface area contributed by atoms with Crippen molar-refractivity contribution in [2.75, 3.05) is 11.9 Å². The summed E-state index contributed by atoms with van der Waals surface area (Å²) >= 11 is 0. The molecule has 1 amide bonds. The lowest BCUT2D eigenvalue weighted by atomic mass is 10.2. The van der Waals surface area contributed by atoms with Crippen LogP contribution in [0.1, 0.15) is 62.8 Å². The van der Waals surface area contributed by atoms with Gasteiger partial charge in [-0.3, -0.25) is 4.79 Å². The first kappa shape index (κ1) is 16.4.